The number of hydrogen-bond acceptors (Lipinski definition) is 5. The molecule has 1 aliphatic carbocycles. The summed E-state index contributed by atoms with van der Waals surface area (Å²) >= 11 is 0. The molecule has 0 heterocycles. The normalized spacial score (nSPS) is 15.0. The third-order valence-electron chi connectivity index (χ3n) is 5.75. The molecule has 0 unspecified atom stereocenters. The number of esters is 1. The van der Waals surface area contributed by atoms with E-state index >= 15 is 0 Å². The number of unbranched alkanes of at least 4 members (excludes halogenated alkanes) is 9. The summed E-state index contributed by atoms with van der Waals surface area (Å²) in [4.78, 5) is 40.1. The second-order valence-electron chi connectivity index (χ2n) is 8.41. The third-order valence-corrected chi connectivity index (χ3v) is 5.75. The van der Waals surface area contributed by atoms with E-state index in [4.69, 9.17) is 4.74 Å². The number of ether oxygens (including phenoxy) is 1. The molecule has 5 heteroatoms. The lowest BCUT2D eigenvalue weighted by molar-refractivity contribution is -0.132. The summed E-state index contributed by atoms with van der Waals surface area (Å²) < 4.78 is 5.36. The predicted molar refractivity (Wildman–Crippen MR) is 124 cm³/mol. The van der Waals surface area contributed by atoms with E-state index in [1.165, 1.54) is 57.6 Å². The van der Waals surface area contributed by atoms with Crippen molar-refractivity contribution in [3.8, 4) is 0 Å². The Bertz CT molecular complexity index is 707. The molecule has 0 radical (unpaired) electrons. The van der Waals surface area contributed by atoms with Gasteiger partial charge in [-0.05, 0) is 37.1 Å². The molecule has 1 aromatic carbocycles. The van der Waals surface area contributed by atoms with Gasteiger partial charge in [-0.1, -0.05) is 64.7 Å². The van der Waals surface area contributed by atoms with Crippen molar-refractivity contribution in [2.24, 2.45) is 10.9 Å². The minimum atomic E-state index is -0.723. The maximum absolute atomic E-state index is 12.2. The molecule has 0 aromatic heterocycles. The molecular formula is C26H37NO4. The van der Waals surface area contributed by atoms with Gasteiger partial charge in [-0.2, -0.15) is 0 Å². The Morgan fingerprint density at radius 2 is 1.45 bits per heavy atom. The monoisotopic (exact) mass is 427 g/mol. The van der Waals surface area contributed by atoms with Crippen molar-refractivity contribution in [3.05, 3.63) is 29.8 Å². The average molecular weight is 428 g/mol. The zero-order valence-electron chi connectivity index (χ0n) is 18.9. The van der Waals surface area contributed by atoms with Gasteiger partial charge >= 0.3 is 5.97 Å². The molecule has 0 aliphatic heterocycles. The number of ketones is 2. The fourth-order valence-corrected chi connectivity index (χ4v) is 3.78. The summed E-state index contributed by atoms with van der Waals surface area (Å²) in [6.45, 7) is 2.69. The van der Waals surface area contributed by atoms with Gasteiger partial charge in [0.1, 0.15) is 17.5 Å². The predicted octanol–water partition coefficient (Wildman–Crippen LogP) is 6.40. The molecule has 1 saturated carbocycles. The molecule has 0 amide bonds. The summed E-state index contributed by atoms with van der Waals surface area (Å²) in [6.07, 6.45) is 15.4. The van der Waals surface area contributed by atoms with Crippen LogP contribution in [-0.2, 0) is 14.3 Å². The van der Waals surface area contributed by atoms with Gasteiger partial charge in [0.2, 0.25) is 0 Å². The first kappa shape index (κ1) is 25.0. The number of hydrogen-bond donors (Lipinski definition) is 0. The van der Waals surface area contributed by atoms with E-state index in [0.29, 0.717) is 37.1 Å². The van der Waals surface area contributed by atoms with Crippen molar-refractivity contribution in [1.29, 1.82) is 0 Å². The van der Waals surface area contributed by atoms with Crippen LogP contribution in [0.3, 0.4) is 0 Å². The van der Waals surface area contributed by atoms with Gasteiger partial charge in [0.25, 0.3) is 0 Å². The average Bonchev–Trinajstić information content (AvgIpc) is 2.77. The van der Waals surface area contributed by atoms with E-state index in [9.17, 15) is 14.4 Å². The zero-order chi connectivity index (χ0) is 22.3. The Morgan fingerprint density at radius 1 is 0.903 bits per heavy atom. The summed E-state index contributed by atoms with van der Waals surface area (Å²) in [7, 11) is 0. The van der Waals surface area contributed by atoms with Crippen molar-refractivity contribution in [3.63, 3.8) is 0 Å². The standard InChI is InChI=1S/C26H37NO4/c1-2-3-4-5-6-7-8-9-10-11-19-31-26(30)21-15-17-22(18-16-21)27-20-23-24(28)13-12-14-25(23)29/h15-18,20,23H,2-14,19H2,1H3. The lowest BCUT2D eigenvalue weighted by atomic mass is 9.87. The largest absolute Gasteiger partial charge is 0.462 e. The molecule has 1 aromatic rings. The first-order valence-corrected chi connectivity index (χ1v) is 12.0. The Labute approximate surface area is 186 Å². The topological polar surface area (TPSA) is 72.8 Å². The van der Waals surface area contributed by atoms with Crippen LogP contribution < -0.4 is 0 Å². The van der Waals surface area contributed by atoms with Crippen LogP contribution in [0, 0.1) is 5.92 Å². The molecule has 2 rings (SSSR count). The Hall–Kier alpha value is -2.30. The summed E-state index contributed by atoms with van der Waals surface area (Å²) in [5, 5.41) is 0. The van der Waals surface area contributed by atoms with E-state index in [2.05, 4.69) is 11.9 Å². The highest BCUT2D eigenvalue weighted by molar-refractivity contribution is 6.16. The Morgan fingerprint density at radius 3 is 2.03 bits per heavy atom. The second-order valence-corrected chi connectivity index (χ2v) is 8.41. The SMILES string of the molecule is CCCCCCCCCCCCOC(=O)c1ccc(N=CC2C(=O)CCCC2=O)cc1. The van der Waals surface area contributed by atoms with Crippen LogP contribution in [0.2, 0.25) is 0 Å². The molecule has 5 nitrogen and oxygen atoms in total. The molecular weight excluding hydrogens is 390 g/mol. The maximum atomic E-state index is 12.2. The lowest BCUT2D eigenvalue weighted by Crippen LogP contribution is -2.29. The van der Waals surface area contributed by atoms with Crippen molar-refractivity contribution in [2.75, 3.05) is 6.61 Å². The van der Waals surface area contributed by atoms with Crippen LogP contribution in [0.25, 0.3) is 0 Å². The molecule has 0 saturated heterocycles. The summed E-state index contributed by atoms with van der Waals surface area (Å²) in [5.41, 5.74) is 1.09. The minimum Gasteiger partial charge on any atom is -0.462 e. The first-order chi connectivity index (χ1) is 15.1. The molecule has 0 atom stereocenters. The fraction of sp³-hybridized carbons (Fsp3) is 0.615. The molecule has 1 aliphatic rings. The van der Waals surface area contributed by atoms with Gasteiger partial charge in [-0.3, -0.25) is 14.6 Å². The van der Waals surface area contributed by atoms with Crippen LogP contribution >= 0.6 is 0 Å². The quantitative estimate of drug-likeness (QED) is 0.149. The van der Waals surface area contributed by atoms with Gasteiger partial charge in [-0.25, -0.2) is 4.79 Å². The first-order valence-electron chi connectivity index (χ1n) is 12.0. The van der Waals surface area contributed by atoms with Gasteiger partial charge in [0.05, 0.1) is 17.9 Å². The highest BCUT2D eigenvalue weighted by Gasteiger charge is 2.28. The second kappa shape index (κ2) is 14.7. The third kappa shape index (κ3) is 9.58. The van der Waals surface area contributed by atoms with Crippen LogP contribution in [-0.4, -0.2) is 30.4 Å². The van der Waals surface area contributed by atoms with E-state index in [1.54, 1.807) is 24.3 Å². The van der Waals surface area contributed by atoms with E-state index in [0.717, 1.165) is 12.8 Å². The number of nitrogens with zero attached hydrogens (tertiary/aromatic N) is 1. The molecule has 0 spiro atoms. The van der Waals surface area contributed by atoms with Gasteiger partial charge in [-0.15, -0.1) is 0 Å². The van der Waals surface area contributed by atoms with E-state index < -0.39 is 5.92 Å². The fourth-order valence-electron chi connectivity index (χ4n) is 3.78. The lowest BCUT2D eigenvalue weighted by Gasteiger charge is -2.14. The molecule has 1 fully saturated rings. The van der Waals surface area contributed by atoms with Crippen molar-refractivity contribution >= 4 is 29.4 Å². The van der Waals surface area contributed by atoms with Crippen molar-refractivity contribution in [1.82, 2.24) is 0 Å². The number of rotatable bonds is 14. The number of carbonyl (C=O) groups excluding carboxylic acids is 3. The molecule has 31 heavy (non-hydrogen) atoms. The van der Waals surface area contributed by atoms with E-state index in [1.807, 2.05) is 0 Å². The van der Waals surface area contributed by atoms with Crippen LogP contribution in [0.5, 0.6) is 0 Å². The zero-order valence-corrected chi connectivity index (χ0v) is 18.9. The Kier molecular flexibility index (Phi) is 11.8. The van der Waals surface area contributed by atoms with Crippen molar-refractivity contribution < 1.29 is 19.1 Å². The van der Waals surface area contributed by atoms with Gasteiger partial charge < -0.3 is 4.74 Å². The highest BCUT2D eigenvalue weighted by Crippen LogP contribution is 2.19. The highest BCUT2D eigenvalue weighted by atomic mass is 16.5. The summed E-state index contributed by atoms with van der Waals surface area (Å²) in [6, 6.07) is 6.73. The minimum absolute atomic E-state index is 0.0628. The van der Waals surface area contributed by atoms with Gasteiger partial charge in [0, 0.05) is 19.1 Å². The summed E-state index contributed by atoms with van der Waals surface area (Å²) in [5.74, 6) is -1.18. The van der Waals surface area contributed by atoms with Crippen molar-refractivity contribution in [2.45, 2.75) is 90.4 Å². The smallest absolute Gasteiger partial charge is 0.338 e. The maximum Gasteiger partial charge on any atom is 0.338 e. The number of benzene rings is 1. The molecule has 0 bridgehead atoms. The number of Topliss-reactive ketones (excluding diaryl/α,β-unsaturated/α-hetero) is 2. The molecule has 0 N–H and O–H groups in total. The number of carbonyl (C=O) groups is 3. The number of aliphatic imine (C=N–C) groups is 1. The van der Waals surface area contributed by atoms with Crippen LogP contribution in [0.1, 0.15) is 101 Å². The van der Waals surface area contributed by atoms with E-state index in [-0.39, 0.29) is 17.5 Å². The van der Waals surface area contributed by atoms with Crippen LogP contribution in [0.15, 0.2) is 29.3 Å². The molecule has 170 valence electrons. The van der Waals surface area contributed by atoms with Gasteiger partial charge in [0.15, 0.2) is 0 Å². The van der Waals surface area contributed by atoms with Crippen LogP contribution in [0.4, 0.5) is 5.69 Å². The Balaban J connectivity index is 1.61.